The van der Waals surface area contributed by atoms with Crippen molar-refractivity contribution in [1.29, 1.82) is 0 Å². The minimum Gasteiger partial charge on any atom is -0.364 e. The largest absolute Gasteiger partial charge is 0.364 e. The van der Waals surface area contributed by atoms with Gasteiger partial charge in [0.2, 0.25) is 5.91 Å². The summed E-state index contributed by atoms with van der Waals surface area (Å²) in [7, 11) is 0. The standard InChI is InChI=1S/C15H20F2N2O2/c1-10-8-19(9-11(2)21-10)6-5-15(20)18-12-3-4-13(16)14(17)7-12/h3-4,7,10-11H,5-6,8-9H2,1-2H3,(H,18,20)/p+1/t10-,11-/m0/s1. The summed E-state index contributed by atoms with van der Waals surface area (Å²) in [6, 6.07) is 3.34. The number of hydrogen-bond acceptors (Lipinski definition) is 2. The molecule has 0 unspecified atom stereocenters. The summed E-state index contributed by atoms with van der Waals surface area (Å²) in [5.74, 6) is -2.08. The van der Waals surface area contributed by atoms with E-state index in [1.807, 2.05) is 13.8 Å². The first-order chi connectivity index (χ1) is 9.94. The lowest BCUT2D eigenvalue weighted by atomic mass is 10.2. The van der Waals surface area contributed by atoms with E-state index in [1.54, 1.807) is 0 Å². The topological polar surface area (TPSA) is 42.8 Å². The molecule has 1 aromatic carbocycles. The van der Waals surface area contributed by atoms with Crippen LogP contribution >= 0.6 is 0 Å². The number of carbonyl (C=O) groups is 1. The Balaban J connectivity index is 1.80. The fraction of sp³-hybridized carbons (Fsp3) is 0.533. The number of nitrogens with one attached hydrogen (secondary N) is 2. The van der Waals surface area contributed by atoms with E-state index >= 15 is 0 Å². The Kier molecular flexibility index (Phi) is 5.25. The summed E-state index contributed by atoms with van der Waals surface area (Å²) in [5, 5.41) is 2.58. The maximum Gasteiger partial charge on any atom is 0.230 e. The average Bonchev–Trinajstić information content (AvgIpc) is 2.40. The van der Waals surface area contributed by atoms with Crippen LogP contribution in [0.4, 0.5) is 14.5 Å². The predicted molar refractivity (Wildman–Crippen MR) is 75.2 cm³/mol. The third-order valence-electron chi connectivity index (χ3n) is 3.53. The molecule has 1 aliphatic heterocycles. The van der Waals surface area contributed by atoms with Gasteiger partial charge in [-0.05, 0) is 26.0 Å². The SMILES string of the molecule is C[C@H]1C[NH+](CCC(=O)Nc2ccc(F)c(F)c2)C[C@H](C)O1. The van der Waals surface area contributed by atoms with Gasteiger partial charge in [0.1, 0.15) is 25.3 Å². The smallest absolute Gasteiger partial charge is 0.230 e. The van der Waals surface area contributed by atoms with Crippen molar-refractivity contribution in [1.82, 2.24) is 0 Å². The molecule has 0 aromatic heterocycles. The van der Waals surface area contributed by atoms with Crippen LogP contribution in [0.1, 0.15) is 20.3 Å². The van der Waals surface area contributed by atoms with E-state index < -0.39 is 11.6 Å². The molecule has 0 aliphatic carbocycles. The number of rotatable bonds is 4. The van der Waals surface area contributed by atoms with E-state index in [0.717, 1.165) is 25.2 Å². The number of anilines is 1. The minimum atomic E-state index is -0.964. The highest BCUT2D eigenvalue weighted by atomic mass is 19.2. The lowest BCUT2D eigenvalue weighted by molar-refractivity contribution is -0.914. The molecule has 2 rings (SSSR count). The summed E-state index contributed by atoms with van der Waals surface area (Å²) in [4.78, 5) is 13.2. The number of ether oxygens (including phenoxy) is 1. The monoisotopic (exact) mass is 299 g/mol. The first-order valence-corrected chi connectivity index (χ1v) is 7.18. The van der Waals surface area contributed by atoms with Gasteiger partial charge in [0.15, 0.2) is 11.6 Å². The molecule has 1 aromatic rings. The molecule has 1 heterocycles. The number of amides is 1. The molecule has 0 saturated carbocycles. The van der Waals surface area contributed by atoms with Crippen LogP contribution in [-0.2, 0) is 9.53 Å². The van der Waals surface area contributed by atoms with Crippen molar-refractivity contribution in [2.24, 2.45) is 0 Å². The Morgan fingerprint density at radius 3 is 2.57 bits per heavy atom. The molecule has 1 saturated heterocycles. The molecule has 1 fully saturated rings. The lowest BCUT2D eigenvalue weighted by Gasteiger charge is -2.32. The molecule has 116 valence electrons. The number of benzene rings is 1. The summed E-state index contributed by atoms with van der Waals surface area (Å²) < 4.78 is 31.5. The van der Waals surface area contributed by atoms with Crippen molar-refractivity contribution in [3.05, 3.63) is 29.8 Å². The van der Waals surface area contributed by atoms with E-state index in [4.69, 9.17) is 4.74 Å². The van der Waals surface area contributed by atoms with Crippen molar-refractivity contribution >= 4 is 11.6 Å². The number of hydrogen-bond donors (Lipinski definition) is 2. The second-order valence-electron chi connectivity index (χ2n) is 5.59. The molecule has 0 spiro atoms. The predicted octanol–water partition coefficient (Wildman–Crippen LogP) is 0.985. The van der Waals surface area contributed by atoms with Gasteiger partial charge < -0.3 is 15.0 Å². The fourth-order valence-electron chi connectivity index (χ4n) is 2.68. The second-order valence-corrected chi connectivity index (χ2v) is 5.59. The van der Waals surface area contributed by atoms with Gasteiger partial charge in [-0.2, -0.15) is 0 Å². The zero-order chi connectivity index (χ0) is 15.4. The molecular formula is C15H21F2N2O2+. The summed E-state index contributed by atoms with van der Waals surface area (Å²) in [6.45, 7) is 6.51. The zero-order valence-electron chi connectivity index (χ0n) is 12.3. The van der Waals surface area contributed by atoms with Crippen molar-refractivity contribution in [2.75, 3.05) is 25.0 Å². The number of quaternary nitrogens is 1. The summed E-state index contributed by atoms with van der Waals surface area (Å²) >= 11 is 0. The molecule has 6 heteroatoms. The van der Waals surface area contributed by atoms with Gasteiger partial charge in [0, 0.05) is 11.8 Å². The van der Waals surface area contributed by atoms with Gasteiger partial charge >= 0.3 is 0 Å². The van der Waals surface area contributed by atoms with E-state index in [9.17, 15) is 13.6 Å². The molecule has 2 atom stereocenters. The average molecular weight is 299 g/mol. The van der Waals surface area contributed by atoms with E-state index in [1.165, 1.54) is 11.0 Å². The van der Waals surface area contributed by atoms with E-state index in [2.05, 4.69) is 5.32 Å². The first kappa shape index (κ1) is 15.9. The van der Waals surface area contributed by atoms with Gasteiger partial charge in [-0.15, -0.1) is 0 Å². The van der Waals surface area contributed by atoms with Crippen molar-refractivity contribution < 1.29 is 23.2 Å². The van der Waals surface area contributed by atoms with Crippen LogP contribution in [0, 0.1) is 11.6 Å². The number of halogens is 2. The van der Waals surface area contributed by atoms with Crippen LogP contribution in [0.5, 0.6) is 0 Å². The highest BCUT2D eigenvalue weighted by Gasteiger charge is 2.25. The van der Waals surface area contributed by atoms with Gasteiger partial charge in [-0.3, -0.25) is 4.79 Å². The highest BCUT2D eigenvalue weighted by molar-refractivity contribution is 5.90. The molecule has 1 amide bonds. The maximum atomic E-state index is 13.0. The Morgan fingerprint density at radius 1 is 1.29 bits per heavy atom. The molecular weight excluding hydrogens is 278 g/mol. The molecule has 4 nitrogen and oxygen atoms in total. The van der Waals surface area contributed by atoms with Gasteiger partial charge in [-0.25, -0.2) is 8.78 Å². The Bertz CT molecular complexity index is 500. The number of carbonyl (C=O) groups excluding carboxylic acids is 1. The number of morpholine rings is 1. The first-order valence-electron chi connectivity index (χ1n) is 7.18. The maximum absolute atomic E-state index is 13.0. The van der Waals surface area contributed by atoms with Crippen LogP contribution in [-0.4, -0.2) is 37.7 Å². The molecule has 2 N–H and O–H groups in total. The molecule has 0 radical (unpaired) electrons. The Morgan fingerprint density at radius 2 is 1.95 bits per heavy atom. The van der Waals surface area contributed by atoms with Gasteiger partial charge in [-0.1, -0.05) is 0 Å². The zero-order valence-corrected chi connectivity index (χ0v) is 12.3. The Labute approximate surface area is 123 Å². The normalized spacial score (nSPS) is 25.6. The molecule has 1 aliphatic rings. The van der Waals surface area contributed by atoms with Crippen LogP contribution in [0.3, 0.4) is 0 Å². The van der Waals surface area contributed by atoms with Crippen LogP contribution in [0.25, 0.3) is 0 Å². The van der Waals surface area contributed by atoms with E-state index in [0.29, 0.717) is 13.0 Å². The van der Waals surface area contributed by atoms with Gasteiger partial charge in [0.05, 0.1) is 13.0 Å². The minimum absolute atomic E-state index is 0.193. The van der Waals surface area contributed by atoms with Crippen LogP contribution in [0.2, 0.25) is 0 Å². The van der Waals surface area contributed by atoms with Crippen molar-refractivity contribution in [2.45, 2.75) is 32.5 Å². The summed E-state index contributed by atoms with van der Waals surface area (Å²) in [6.07, 6.45) is 0.726. The van der Waals surface area contributed by atoms with Crippen molar-refractivity contribution in [3.63, 3.8) is 0 Å². The lowest BCUT2D eigenvalue weighted by Crippen LogP contribution is -3.15. The quantitative estimate of drug-likeness (QED) is 0.870. The van der Waals surface area contributed by atoms with E-state index in [-0.39, 0.29) is 23.8 Å². The van der Waals surface area contributed by atoms with Crippen molar-refractivity contribution in [3.8, 4) is 0 Å². The molecule has 21 heavy (non-hydrogen) atoms. The third-order valence-corrected chi connectivity index (χ3v) is 3.53. The molecule has 0 bridgehead atoms. The second kappa shape index (κ2) is 6.95. The Hall–Kier alpha value is -1.53. The van der Waals surface area contributed by atoms with Crippen LogP contribution < -0.4 is 10.2 Å². The van der Waals surface area contributed by atoms with Gasteiger partial charge in [0.25, 0.3) is 0 Å². The summed E-state index contributed by atoms with van der Waals surface area (Å²) in [5.41, 5.74) is 0.276. The third kappa shape index (κ3) is 4.75. The van der Waals surface area contributed by atoms with Crippen LogP contribution in [0.15, 0.2) is 18.2 Å². The fourth-order valence-corrected chi connectivity index (χ4v) is 2.68. The highest BCUT2D eigenvalue weighted by Crippen LogP contribution is 2.13.